The summed E-state index contributed by atoms with van der Waals surface area (Å²) in [5.41, 5.74) is 13.4. The molecule has 3 nitrogen and oxygen atoms in total. The fourth-order valence-corrected chi connectivity index (χ4v) is 13.3. The number of benzene rings is 7. The van der Waals surface area contributed by atoms with Gasteiger partial charge in [-0.1, -0.05) is 212 Å². The molecular weight excluding hydrogens is 911 g/mol. The lowest BCUT2D eigenvalue weighted by molar-refractivity contribution is 0.410. The first-order valence-electron chi connectivity index (χ1n) is 27.0. The topological polar surface area (TPSA) is 30.7 Å². The molecule has 0 aliphatic carbocycles. The van der Waals surface area contributed by atoms with Gasteiger partial charge in [0.05, 0.1) is 27.9 Å². The maximum atomic E-state index is 5.87. The van der Waals surface area contributed by atoms with Crippen molar-refractivity contribution < 1.29 is 0 Å². The van der Waals surface area contributed by atoms with Crippen LogP contribution in [0.25, 0.3) is 108 Å². The average Bonchev–Trinajstić information content (AvgIpc) is 4.16. The van der Waals surface area contributed by atoms with Crippen molar-refractivity contribution in [2.45, 2.75) is 124 Å². The monoisotopic (exact) mass is 977 g/mol. The Kier molecular flexibility index (Phi) is 14.5. The second-order valence-corrected chi connectivity index (χ2v) is 22.7. The van der Waals surface area contributed by atoms with E-state index in [4.69, 9.17) is 9.97 Å². The molecule has 0 fully saturated rings. The van der Waals surface area contributed by atoms with Crippen LogP contribution in [0.15, 0.2) is 158 Å². The third-order valence-corrected chi connectivity index (χ3v) is 17.4. The summed E-state index contributed by atoms with van der Waals surface area (Å²) in [5.74, 6) is 0. The van der Waals surface area contributed by atoms with Gasteiger partial charge in [-0.3, -0.25) is 0 Å². The van der Waals surface area contributed by atoms with E-state index < -0.39 is 0 Å². The second-order valence-electron chi connectivity index (χ2n) is 20.3. The molecule has 0 atom stereocenters. The van der Waals surface area contributed by atoms with E-state index in [1.165, 1.54) is 164 Å². The van der Waals surface area contributed by atoms with Gasteiger partial charge in [-0.2, -0.15) is 0 Å². The van der Waals surface area contributed by atoms with Gasteiger partial charge in [-0.25, -0.2) is 9.97 Å². The maximum Gasteiger partial charge on any atom is 0.0988 e. The summed E-state index contributed by atoms with van der Waals surface area (Å²) in [6, 6.07) is 59.2. The second kappa shape index (κ2) is 21.8. The molecular formula is C67H67N3S2. The summed E-state index contributed by atoms with van der Waals surface area (Å²) in [6.45, 7) is 9.08. The number of unbranched alkanes of at least 4 members (excludes halogenated alkanes) is 10. The van der Waals surface area contributed by atoms with Gasteiger partial charge < -0.3 is 4.57 Å². The molecule has 362 valence electrons. The molecule has 0 unspecified atom stereocenters. The van der Waals surface area contributed by atoms with Crippen LogP contribution in [0.2, 0.25) is 0 Å². The Morgan fingerprint density at radius 1 is 0.417 bits per heavy atom. The summed E-state index contributed by atoms with van der Waals surface area (Å²) in [7, 11) is 0. The van der Waals surface area contributed by atoms with Crippen LogP contribution in [0.4, 0.5) is 0 Å². The Labute approximate surface area is 434 Å². The smallest absolute Gasteiger partial charge is 0.0988 e. The molecule has 0 aliphatic rings. The standard InChI is InChI=1S/C67H67N3S2/c1-5-7-9-11-13-15-27-50(28-16-14-12-10-8-6-2)70-59-43-45(3)33-36-53(59)54-37-35-49(44-60(54)70)61-41-42-63(72-61)58-39-38-57(62-40-34-46(4)71-62)66-67(58)69-65(56-32-22-26-48-24-18-20-30-52(48)56)64(68-66)55-31-21-25-47-23-17-19-29-51(47)55/h17-26,29-44,50H,5-16,27-28H2,1-4H3. The molecule has 0 N–H and O–H groups in total. The van der Waals surface area contributed by atoms with Crippen LogP contribution < -0.4 is 0 Å². The van der Waals surface area contributed by atoms with Gasteiger partial charge in [0.15, 0.2) is 0 Å². The van der Waals surface area contributed by atoms with Crippen LogP contribution in [-0.2, 0) is 0 Å². The quantitative estimate of drug-likeness (QED) is 0.0713. The first-order chi connectivity index (χ1) is 35.5. The largest absolute Gasteiger partial charge is 0.337 e. The average molecular weight is 978 g/mol. The van der Waals surface area contributed by atoms with Crippen LogP contribution in [0.5, 0.6) is 0 Å². The van der Waals surface area contributed by atoms with Gasteiger partial charge in [-0.15, -0.1) is 22.7 Å². The van der Waals surface area contributed by atoms with Gasteiger partial charge in [0.2, 0.25) is 0 Å². The Balaban J connectivity index is 1.05. The van der Waals surface area contributed by atoms with Crippen LogP contribution in [0.3, 0.4) is 0 Å². The SMILES string of the molecule is CCCCCCCCC(CCCCCCCC)n1c2cc(C)ccc2c2ccc(-c3ccc(-c4ccc(-c5ccc(C)s5)c5nc(-c6cccc7ccccc67)c(-c6cccc7ccccc67)nc45)s3)cc21. The Morgan fingerprint density at radius 2 is 0.917 bits per heavy atom. The number of rotatable bonds is 20. The van der Waals surface area contributed by atoms with Gasteiger partial charge in [0, 0.05) is 64.1 Å². The number of hydrogen-bond donors (Lipinski definition) is 0. The lowest BCUT2D eigenvalue weighted by Crippen LogP contribution is -2.09. The molecule has 0 spiro atoms. The molecule has 0 saturated heterocycles. The normalized spacial score (nSPS) is 12.0. The predicted molar refractivity (Wildman–Crippen MR) is 315 cm³/mol. The van der Waals surface area contributed by atoms with E-state index in [1.54, 1.807) is 0 Å². The highest BCUT2D eigenvalue weighted by Crippen LogP contribution is 2.46. The molecule has 0 saturated carbocycles. The fraction of sp³-hybridized carbons (Fsp3) is 0.284. The van der Waals surface area contributed by atoms with E-state index in [0.717, 1.165) is 44.7 Å². The molecule has 0 bridgehead atoms. The molecule has 11 rings (SSSR count). The summed E-state index contributed by atoms with van der Waals surface area (Å²) < 4.78 is 2.78. The fourth-order valence-electron chi connectivity index (χ4n) is 11.4. The zero-order valence-electron chi connectivity index (χ0n) is 42.6. The summed E-state index contributed by atoms with van der Waals surface area (Å²) in [6.07, 6.45) is 18.4. The highest BCUT2D eigenvalue weighted by atomic mass is 32.1. The van der Waals surface area contributed by atoms with E-state index in [-0.39, 0.29) is 0 Å². The number of fused-ring (bicyclic) bond motifs is 6. The minimum Gasteiger partial charge on any atom is -0.337 e. The van der Waals surface area contributed by atoms with Crippen molar-refractivity contribution in [1.29, 1.82) is 0 Å². The Bertz CT molecular complexity index is 3650. The lowest BCUT2D eigenvalue weighted by Gasteiger charge is -2.22. The van der Waals surface area contributed by atoms with E-state index in [0.29, 0.717) is 6.04 Å². The van der Waals surface area contributed by atoms with Crippen molar-refractivity contribution in [2.75, 3.05) is 0 Å². The molecule has 0 aliphatic heterocycles. The van der Waals surface area contributed by atoms with E-state index in [9.17, 15) is 0 Å². The number of hydrogen-bond acceptors (Lipinski definition) is 4. The molecule has 0 amide bonds. The molecule has 0 radical (unpaired) electrons. The molecule has 4 heterocycles. The minimum absolute atomic E-state index is 0.476. The van der Waals surface area contributed by atoms with Crippen molar-refractivity contribution in [3.63, 3.8) is 0 Å². The number of thiophene rings is 2. The highest BCUT2D eigenvalue weighted by Gasteiger charge is 2.24. The number of aromatic nitrogens is 3. The van der Waals surface area contributed by atoms with Crippen molar-refractivity contribution in [1.82, 2.24) is 14.5 Å². The van der Waals surface area contributed by atoms with Crippen molar-refractivity contribution in [2.24, 2.45) is 0 Å². The van der Waals surface area contributed by atoms with Gasteiger partial charge in [-0.05, 0) is 95.8 Å². The van der Waals surface area contributed by atoms with E-state index in [2.05, 4.69) is 190 Å². The number of nitrogens with zero attached hydrogens (tertiary/aromatic N) is 3. The third kappa shape index (κ3) is 9.66. The van der Waals surface area contributed by atoms with E-state index in [1.807, 2.05) is 22.7 Å². The van der Waals surface area contributed by atoms with Crippen LogP contribution >= 0.6 is 22.7 Å². The molecule has 4 aromatic heterocycles. The summed E-state index contributed by atoms with van der Waals surface area (Å²) >= 11 is 3.69. The maximum absolute atomic E-state index is 5.87. The number of aryl methyl sites for hydroxylation is 2. The summed E-state index contributed by atoms with van der Waals surface area (Å²) in [5, 5.41) is 7.46. The highest BCUT2D eigenvalue weighted by molar-refractivity contribution is 7.19. The third-order valence-electron chi connectivity index (χ3n) is 15.2. The Morgan fingerprint density at radius 3 is 1.50 bits per heavy atom. The van der Waals surface area contributed by atoms with Crippen LogP contribution in [0, 0.1) is 13.8 Å². The van der Waals surface area contributed by atoms with Crippen LogP contribution in [-0.4, -0.2) is 14.5 Å². The van der Waals surface area contributed by atoms with Gasteiger partial charge >= 0.3 is 0 Å². The zero-order valence-corrected chi connectivity index (χ0v) is 44.3. The van der Waals surface area contributed by atoms with Crippen molar-refractivity contribution in [3.8, 4) is 53.8 Å². The molecule has 11 aromatic rings. The Hall–Kier alpha value is -6.40. The molecule has 5 heteroatoms. The first kappa shape index (κ1) is 47.9. The van der Waals surface area contributed by atoms with Crippen molar-refractivity contribution in [3.05, 3.63) is 168 Å². The van der Waals surface area contributed by atoms with Gasteiger partial charge in [0.25, 0.3) is 0 Å². The van der Waals surface area contributed by atoms with Crippen LogP contribution in [0.1, 0.15) is 120 Å². The van der Waals surface area contributed by atoms with Crippen molar-refractivity contribution >= 4 is 77.1 Å². The molecule has 72 heavy (non-hydrogen) atoms. The zero-order chi connectivity index (χ0) is 49.0. The lowest BCUT2D eigenvalue weighted by atomic mass is 9.94. The first-order valence-corrected chi connectivity index (χ1v) is 28.6. The predicted octanol–water partition coefficient (Wildman–Crippen LogP) is 21.2. The molecule has 7 aromatic carbocycles. The van der Waals surface area contributed by atoms with Gasteiger partial charge in [0.1, 0.15) is 0 Å². The summed E-state index contributed by atoms with van der Waals surface area (Å²) in [4.78, 5) is 16.6. The van der Waals surface area contributed by atoms with E-state index >= 15 is 0 Å². The minimum atomic E-state index is 0.476.